The Bertz CT molecular complexity index is 1310. The average molecular weight is 564 g/mol. The first-order chi connectivity index (χ1) is 18.5. The number of alkyl halides is 3. The van der Waals surface area contributed by atoms with Gasteiger partial charge in [-0.3, -0.25) is 0 Å². The van der Waals surface area contributed by atoms with E-state index < -0.39 is 22.2 Å². The molecule has 1 aliphatic heterocycles. The van der Waals surface area contributed by atoms with Gasteiger partial charge in [-0.1, -0.05) is 60.7 Å². The maximum absolute atomic E-state index is 12.8. The first kappa shape index (κ1) is 30.3. The number of carboxylic acids is 1. The third-order valence-corrected chi connectivity index (χ3v) is 7.53. The highest BCUT2D eigenvalue weighted by atomic mass is 32.2. The predicted molar refractivity (Wildman–Crippen MR) is 143 cm³/mol. The summed E-state index contributed by atoms with van der Waals surface area (Å²) in [5.74, 6) is -2.76. The first-order valence-corrected chi connectivity index (χ1v) is 14.0. The first-order valence-electron chi connectivity index (χ1n) is 12.5. The van der Waals surface area contributed by atoms with E-state index in [1.165, 1.54) is 18.4 Å². The Morgan fingerprint density at radius 1 is 0.846 bits per heavy atom. The van der Waals surface area contributed by atoms with Gasteiger partial charge in [0.1, 0.15) is 0 Å². The topological polar surface area (TPSA) is 98.7 Å². The normalized spacial score (nSPS) is 14.0. The van der Waals surface area contributed by atoms with Gasteiger partial charge in [0, 0.05) is 26.2 Å². The monoisotopic (exact) mass is 563 g/mol. The number of aliphatic carboxylic acids is 1. The van der Waals surface area contributed by atoms with Crippen molar-refractivity contribution in [2.75, 3.05) is 26.2 Å². The van der Waals surface area contributed by atoms with Crippen LogP contribution < -0.4 is 10.0 Å². The highest BCUT2D eigenvalue weighted by molar-refractivity contribution is 7.89. The summed E-state index contributed by atoms with van der Waals surface area (Å²) in [4.78, 5) is 11.5. The highest BCUT2D eigenvalue weighted by Crippen LogP contribution is 2.23. The lowest BCUT2D eigenvalue weighted by Crippen LogP contribution is -2.33. The van der Waals surface area contributed by atoms with E-state index in [-0.39, 0.29) is 0 Å². The molecule has 3 aromatic carbocycles. The molecule has 1 heterocycles. The van der Waals surface area contributed by atoms with E-state index in [0.29, 0.717) is 11.4 Å². The lowest BCUT2D eigenvalue weighted by atomic mass is 10.0. The minimum atomic E-state index is -5.08. The van der Waals surface area contributed by atoms with E-state index in [0.717, 1.165) is 49.4 Å². The van der Waals surface area contributed by atoms with Crippen LogP contribution in [0.3, 0.4) is 0 Å². The third-order valence-electron chi connectivity index (χ3n) is 6.07. The van der Waals surface area contributed by atoms with Crippen molar-refractivity contribution in [1.29, 1.82) is 0 Å². The van der Waals surface area contributed by atoms with Gasteiger partial charge in [-0.15, -0.1) is 0 Å². The third kappa shape index (κ3) is 10.1. The summed E-state index contributed by atoms with van der Waals surface area (Å²) in [7, 11) is -3.53. The minimum absolute atomic E-state index is 0.309. The molecule has 0 saturated carbocycles. The van der Waals surface area contributed by atoms with Crippen molar-refractivity contribution in [1.82, 2.24) is 14.9 Å². The molecule has 11 heteroatoms. The van der Waals surface area contributed by atoms with Crippen LogP contribution in [0.4, 0.5) is 13.2 Å². The summed E-state index contributed by atoms with van der Waals surface area (Å²) in [5, 5.41) is 10.6. The van der Waals surface area contributed by atoms with E-state index >= 15 is 0 Å². The van der Waals surface area contributed by atoms with Crippen molar-refractivity contribution < 1.29 is 31.5 Å². The molecule has 0 aromatic heterocycles. The Kier molecular flexibility index (Phi) is 11.0. The molecule has 1 fully saturated rings. The van der Waals surface area contributed by atoms with Gasteiger partial charge in [-0.2, -0.15) is 13.2 Å². The van der Waals surface area contributed by atoms with Gasteiger partial charge in [-0.05, 0) is 66.4 Å². The van der Waals surface area contributed by atoms with E-state index in [9.17, 15) is 21.6 Å². The van der Waals surface area contributed by atoms with Crippen LogP contribution >= 0.6 is 0 Å². The highest BCUT2D eigenvalue weighted by Gasteiger charge is 2.38. The molecule has 0 aliphatic carbocycles. The molecule has 7 nitrogen and oxygen atoms in total. The number of likely N-dealkylation sites (tertiary alicyclic amines) is 1. The number of carbonyl (C=O) groups is 1. The number of nitrogens with one attached hydrogen (secondary N) is 2. The largest absolute Gasteiger partial charge is 0.490 e. The fourth-order valence-corrected chi connectivity index (χ4v) is 5.14. The molecule has 1 saturated heterocycles. The zero-order valence-electron chi connectivity index (χ0n) is 21.3. The molecule has 3 N–H and O–H groups in total. The average Bonchev–Trinajstić information content (AvgIpc) is 3.43. The van der Waals surface area contributed by atoms with Crippen LogP contribution in [0.15, 0.2) is 83.8 Å². The van der Waals surface area contributed by atoms with E-state index in [1.807, 2.05) is 42.5 Å². The van der Waals surface area contributed by atoms with E-state index in [1.54, 1.807) is 12.1 Å². The molecular formula is C28H32F3N3O4S. The maximum Gasteiger partial charge on any atom is 0.490 e. The summed E-state index contributed by atoms with van der Waals surface area (Å²) in [6, 6.07) is 25.7. The van der Waals surface area contributed by atoms with E-state index in [2.05, 4.69) is 39.2 Å². The number of carboxylic acid groups (broad SMARTS) is 1. The molecule has 0 unspecified atom stereocenters. The lowest BCUT2D eigenvalue weighted by Gasteiger charge is -2.15. The molecule has 3 aromatic rings. The second-order valence-electron chi connectivity index (χ2n) is 9.07. The van der Waals surface area contributed by atoms with Gasteiger partial charge in [0.15, 0.2) is 0 Å². The number of hydrogen-bond donors (Lipinski definition) is 3. The second kappa shape index (κ2) is 14.2. The van der Waals surface area contributed by atoms with Crippen molar-refractivity contribution in [2.45, 2.75) is 37.0 Å². The van der Waals surface area contributed by atoms with Crippen LogP contribution in [0.25, 0.3) is 11.1 Å². The standard InChI is InChI=1S/C26H31N3O2S.C2HF3O2/c30-32(31,28-14-17-29-15-4-5-16-29)26-13-7-12-25(19-26)24-11-6-10-23(18-24)21-27-20-22-8-2-1-3-9-22;3-2(4,5)1(6)7/h1-3,6-13,18-19,27-28H,4-5,14-17,20-21H2;(H,6,7). The second-order valence-corrected chi connectivity index (χ2v) is 10.8. The zero-order valence-corrected chi connectivity index (χ0v) is 22.1. The number of rotatable bonds is 10. The van der Waals surface area contributed by atoms with Gasteiger partial charge < -0.3 is 15.3 Å². The smallest absolute Gasteiger partial charge is 0.475 e. The number of halogens is 3. The molecule has 1 aliphatic rings. The Balaban J connectivity index is 0.000000532. The number of nitrogens with zero attached hydrogens (tertiary/aromatic N) is 1. The van der Waals surface area contributed by atoms with Gasteiger partial charge in [0.2, 0.25) is 10.0 Å². The quantitative estimate of drug-likeness (QED) is 0.332. The fourth-order valence-electron chi connectivity index (χ4n) is 4.08. The molecule has 0 spiro atoms. The van der Waals surface area contributed by atoms with Gasteiger partial charge in [-0.25, -0.2) is 17.9 Å². The SMILES string of the molecule is O=C(O)C(F)(F)F.O=S(=O)(NCCN1CCCC1)c1cccc(-c2cccc(CNCc3ccccc3)c2)c1. The Morgan fingerprint density at radius 3 is 2.05 bits per heavy atom. The Hall–Kier alpha value is -3.25. The minimum Gasteiger partial charge on any atom is -0.475 e. The molecule has 0 radical (unpaired) electrons. The van der Waals surface area contributed by atoms with Crippen molar-refractivity contribution >= 4 is 16.0 Å². The summed E-state index contributed by atoms with van der Waals surface area (Å²) < 4.78 is 60.1. The molecule has 0 bridgehead atoms. The summed E-state index contributed by atoms with van der Waals surface area (Å²) in [6.07, 6.45) is -2.68. The summed E-state index contributed by atoms with van der Waals surface area (Å²) in [5.41, 5.74) is 4.32. The Labute approximate surface area is 226 Å². The van der Waals surface area contributed by atoms with Crippen molar-refractivity contribution in [3.8, 4) is 11.1 Å². The predicted octanol–water partition coefficient (Wildman–Crippen LogP) is 4.65. The van der Waals surface area contributed by atoms with Crippen LogP contribution in [0.1, 0.15) is 24.0 Å². The van der Waals surface area contributed by atoms with Crippen molar-refractivity contribution in [3.05, 3.63) is 90.0 Å². The number of benzene rings is 3. The summed E-state index contributed by atoms with van der Waals surface area (Å²) >= 11 is 0. The lowest BCUT2D eigenvalue weighted by molar-refractivity contribution is -0.192. The fraction of sp³-hybridized carbons (Fsp3) is 0.321. The molecule has 210 valence electrons. The van der Waals surface area contributed by atoms with Crippen LogP contribution in [-0.2, 0) is 27.9 Å². The molecule has 39 heavy (non-hydrogen) atoms. The number of hydrogen-bond acceptors (Lipinski definition) is 5. The van der Waals surface area contributed by atoms with Crippen LogP contribution in [0.5, 0.6) is 0 Å². The van der Waals surface area contributed by atoms with Crippen LogP contribution in [-0.4, -0.2) is 56.7 Å². The number of sulfonamides is 1. The molecule has 0 amide bonds. The van der Waals surface area contributed by atoms with Crippen LogP contribution in [0.2, 0.25) is 0 Å². The van der Waals surface area contributed by atoms with Crippen LogP contribution in [0, 0.1) is 0 Å². The summed E-state index contributed by atoms with van der Waals surface area (Å²) in [6.45, 7) is 4.88. The van der Waals surface area contributed by atoms with Gasteiger partial charge >= 0.3 is 12.1 Å². The molecule has 4 rings (SSSR count). The zero-order chi connectivity index (χ0) is 28.3. The van der Waals surface area contributed by atoms with E-state index in [4.69, 9.17) is 9.90 Å². The molecular weight excluding hydrogens is 531 g/mol. The molecule has 0 atom stereocenters. The van der Waals surface area contributed by atoms with Gasteiger partial charge in [0.05, 0.1) is 4.90 Å². The maximum atomic E-state index is 12.8. The Morgan fingerprint density at radius 2 is 1.41 bits per heavy atom. The van der Waals surface area contributed by atoms with Crippen molar-refractivity contribution in [3.63, 3.8) is 0 Å². The van der Waals surface area contributed by atoms with Gasteiger partial charge in [0.25, 0.3) is 0 Å². The van der Waals surface area contributed by atoms with Crippen molar-refractivity contribution in [2.24, 2.45) is 0 Å².